The molecule has 1 saturated carbocycles. The molecule has 7 rings (SSSR count). The molecule has 1 aromatic rings. The van der Waals surface area contributed by atoms with E-state index >= 15 is 0 Å². The first-order chi connectivity index (χ1) is 31.0. The summed E-state index contributed by atoms with van der Waals surface area (Å²) in [6, 6.07) is 3.57. The van der Waals surface area contributed by atoms with Crippen LogP contribution >= 0.6 is 46.2 Å². The number of amides is 5. The normalized spacial score (nSPS) is 32.1. The Kier molecular flexibility index (Phi) is 17.6. The second-order valence-electron chi connectivity index (χ2n) is 17.5. The Labute approximate surface area is 402 Å². The van der Waals surface area contributed by atoms with Crippen molar-refractivity contribution in [3.63, 3.8) is 0 Å². The first kappa shape index (κ1) is 50.9. The molecule has 6 bridgehead atoms. The predicted molar refractivity (Wildman–Crippen MR) is 248 cm³/mol. The molecule has 358 valence electrons. The number of allylic oxidation sites excluding steroid dienone is 3. The van der Waals surface area contributed by atoms with Gasteiger partial charge in [-0.3, -0.25) is 34.8 Å². The summed E-state index contributed by atoms with van der Waals surface area (Å²) in [6.45, 7) is 3.71. The monoisotopic (exact) mass is 1060 g/mol. The van der Waals surface area contributed by atoms with Gasteiger partial charge in [0.2, 0.25) is 23.6 Å². The van der Waals surface area contributed by atoms with E-state index in [1.165, 1.54) is 35.8 Å². The Morgan fingerprint density at radius 1 is 1.08 bits per heavy atom. The van der Waals surface area contributed by atoms with E-state index in [-0.39, 0.29) is 66.9 Å². The minimum absolute atomic E-state index is 0.0474. The van der Waals surface area contributed by atoms with Gasteiger partial charge in [-0.1, -0.05) is 35.4 Å². The van der Waals surface area contributed by atoms with E-state index in [0.717, 1.165) is 24.0 Å². The van der Waals surface area contributed by atoms with E-state index in [4.69, 9.17) is 40.0 Å². The Morgan fingerprint density at radius 3 is 2.51 bits per heavy atom. The van der Waals surface area contributed by atoms with E-state index in [1.807, 2.05) is 35.9 Å². The summed E-state index contributed by atoms with van der Waals surface area (Å²) < 4.78 is 37.4. The standard InChI is InChI=1S/C44H59ClIN5O13S/c1-25-8-6-9-34(60-5)44(58)22-31(62-42(57)47-44)32-21-43(2,64-32)35(20-36(52)50(3)29-17-27(16-25)18-30(59-4)39(29)45)63-38(54)24-61-14-7-15-65-33-19-37(53)51(41(33)56)23-26-10-12-28(13-11-26)40(55)48-49-46/h6,8-9,17-18,26,28,31-35,49,58H,7,10-16,19-24H2,1-5H3,(H,47,57)(H,48,55)/b9-6+,25-8+/t26-,28-,31-,32+,33?,34+,35-,43+,44-/m0/s1. The first-order valence-electron chi connectivity index (χ1n) is 21.7. The highest BCUT2D eigenvalue weighted by molar-refractivity contribution is 14.1. The number of hydrogen-bond donors (Lipinski definition) is 4. The molecule has 1 aliphatic carbocycles. The van der Waals surface area contributed by atoms with Gasteiger partial charge in [-0.15, -0.1) is 11.8 Å². The summed E-state index contributed by atoms with van der Waals surface area (Å²) in [4.78, 5) is 81.2. The number of benzene rings is 1. The molecule has 65 heavy (non-hydrogen) atoms. The number of esters is 1. The van der Waals surface area contributed by atoms with Crippen LogP contribution in [0.3, 0.4) is 0 Å². The van der Waals surface area contributed by atoms with E-state index in [1.54, 1.807) is 38.3 Å². The van der Waals surface area contributed by atoms with Gasteiger partial charge in [-0.05, 0) is 81.7 Å². The van der Waals surface area contributed by atoms with Gasteiger partial charge >= 0.3 is 12.1 Å². The van der Waals surface area contributed by atoms with Crippen LogP contribution in [0, 0.1) is 11.8 Å². The highest BCUT2D eigenvalue weighted by Gasteiger charge is 2.57. The number of nitrogens with zero attached hydrogens (tertiary/aromatic N) is 2. The lowest BCUT2D eigenvalue weighted by Crippen LogP contribution is -2.68. The minimum Gasteiger partial charge on any atom is -0.495 e. The smallest absolute Gasteiger partial charge is 0.409 e. The molecular weight excluding hydrogens is 1000 g/mol. The number of carbonyl (C=O) groups is 6. The highest BCUT2D eigenvalue weighted by atomic mass is 127. The molecule has 7 atom stereocenters. The van der Waals surface area contributed by atoms with Crippen molar-refractivity contribution in [2.24, 2.45) is 11.8 Å². The number of alkyl carbamates (subject to hydrolysis) is 1. The van der Waals surface area contributed by atoms with Crippen LogP contribution in [-0.2, 0) is 54.1 Å². The average Bonchev–Trinajstić information content (AvgIpc) is 3.52. The van der Waals surface area contributed by atoms with Crippen molar-refractivity contribution in [1.29, 1.82) is 0 Å². The second kappa shape index (κ2) is 22.5. The molecule has 4 N–H and O–H groups in total. The topological polar surface area (TPSA) is 221 Å². The molecule has 3 saturated heterocycles. The van der Waals surface area contributed by atoms with Gasteiger partial charge in [0.05, 0.1) is 30.6 Å². The van der Waals surface area contributed by atoms with E-state index < -0.39 is 65.6 Å². The molecule has 4 fully saturated rings. The fourth-order valence-electron chi connectivity index (χ4n) is 9.09. The molecule has 0 spiro atoms. The number of methoxy groups -OCH3 is 2. The maximum Gasteiger partial charge on any atom is 0.409 e. The zero-order valence-electron chi connectivity index (χ0n) is 37.2. The lowest BCUT2D eigenvalue weighted by atomic mass is 9.79. The lowest BCUT2D eigenvalue weighted by Gasteiger charge is -2.53. The summed E-state index contributed by atoms with van der Waals surface area (Å²) in [5.41, 5.74) is 1.66. The molecule has 1 aromatic carbocycles. The molecule has 5 heterocycles. The Balaban J connectivity index is 1.06. The second-order valence-corrected chi connectivity index (χ2v) is 19.7. The predicted octanol–water partition coefficient (Wildman–Crippen LogP) is 4.47. The maximum absolute atomic E-state index is 14.1. The number of anilines is 1. The summed E-state index contributed by atoms with van der Waals surface area (Å²) in [6.07, 6.45) is 4.47. The number of carbonyl (C=O) groups excluding carboxylic acids is 6. The molecular formula is C44H59ClIN5O13S. The molecule has 21 heteroatoms. The van der Waals surface area contributed by atoms with Crippen molar-refractivity contribution >= 4 is 87.6 Å². The summed E-state index contributed by atoms with van der Waals surface area (Å²) in [5, 5.41) is 13.9. The highest BCUT2D eigenvalue weighted by Crippen LogP contribution is 2.44. The zero-order valence-corrected chi connectivity index (χ0v) is 41.0. The number of thioether (sulfide) groups is 1. The first-order valence-corrected chi connectivity index (χ1v) is 24.2. The average molecular weight is 1060 g/mol. The number of fused-ring (bicyclic) bond motifs is 6. The van der Waals surface area contributed by atoms with Crippen molar-refractivity contribution in [3.8, 4) is 5.75 Å². The van der Waals surface area contributed by atoms with Gasteiger partial charge in [0, 0.05) is 75.4 Å². The van der Waals surface area contributed by atoms with E-state index in [9.17, 15) is 33.9 Å². The summed E-state index contributed by atoms with van der Waals surface area (Å²) in [5.74, 6) is -0.667. The van der Waals surface area contributed by atoms with Crippen LogP contribution in [0.2, 0.25) is 5.02 Å². The van der Waals surface area contributed by atoms with Gasteiger partial charge < -0.3 is 38.4 Å². The number of halogens is 2. The molecule has 5 aliphatic heterocycles. The SMILES string of the molecule is COc1cc2cc(c1Cl)N(C)C(=O)C[C@H](OC(=O)COCCCSC1CC(=O)N(C[C@H]3CC[C@H](C(=O)NNI)CC3)C1=O)[C@@]1(C)C[C@@H](O1)[C@@H]1C[C@@](O)(NC(=O)O1)[C@H](OC)/C=C/C=C(\C)C2. The largest absolute Gasteiger partial charge is 0.495 e. The Morgan fingerprint density at radius 2 is 1.82 bits per heavy atom. The Bertz CT molecular complexity index is 2010. The molecule has 0 radical (unpaired) electrons. The van der Waals surface area contributed by atoms with Crippen molar-refractivity contribution in [2.45, 2.75) is 119 Å². The van der Waals surface area contributed by atoms with E-state index in [2.05, 4.69) is 14.4 Å². The van der Waals surface area contributed by atoms with Crippen LogP contribution in [0.15, 0.2) is 35.9 Å². The van der Waals surface area contributed by atoms with Gasteiger partial charge in [0.15, 0.2) is 5.72 Å². The number of likely N-dealkylation sites (tertiary alicyclic amines) is 1. The number of hydrazine groups is 1. The lowest BCUT2D eigenvalue weighted by molar-refractivity contribution is -0.280. The van der Waals surface area contributed by atoms with Crippen LogP contribution < -0.4 is 24.0 Å². The molecule has 6 aliphatic rings. The number of hydrogen-bond acceptors (Lipinski definition) is 15. The maximum atomic E-state index is 14.1. The van der Waals surface area contributed by atoms with Crippen LogP contribution in [0.4, 0.5) is 10.5 Å². The van der Waals surface area contributed by atoms with Crippen molar-refractivity contribution < 1.29 is 62.3 Å². The molecule has 1 unspecified atom stereocenters. The molecule has 18 nitrogen and oxygen atoms in total. The third-order valence-electron chi connectivity index (χ3n) is 12.8. The van der Waals surface area contributed by atoms with Gasteiger partial charge in [0.1, 0.15) is 41.3 Å². The van der Waals surface area contributed by atoms with Gasteiger partial charge in [0.25, 0.3) is 0 Å². The van der Waals surface area contributed by atoms with Gasteiger partial charge in [-0.25, -0.2) is 9.59 Å². The van der Waals surface area contributed by atoms with Crippen LogP contribution in [-0.4, -0.2) is 133 Å². The van der Waals surface area contributed by atoms with Crippen LogP contribution in [0.1, 0.15) is 77.2 Å². The van der Waals surface area contributed by atoms with Crippen LogP contribution in [0.25, 0.3) is 0 Å². The van der Waals surface area contributed by atoms with Crippen molar-refractivity contribution in [2.75, 3.05) is 51.7 Å². The Hall–Kier alpha value is -3.51. The fourth-order valence-corrected chi connectivity index (χ4v) is 10.8. The third-order valence-corrected chi connectivity index (χ3v) is 14.7. The summed E-state index contributed by atoms with van der Waals surface area (Å²) in [7, 11) is 4.47. The number of rotatable bonds is 14. The van der Waals surface area contributed by atoms with Crippen molar-refractivity contribution in [1.82, 2.24) is 19.3 Å². The molecule has 0 aromatic heterocycles. The number of nitrogens with one attached hydrogen (secondary N) is 3. The minimum atomic E-state index is -1.84. The molecule has 5 amide bonds. The van der Waals surface area contributed by atoms with Crippen molar-refractivity contribution in [3.05, 3.63) is 46.5 Å². The fraction of sp³-hybridized carbons (Fsp3) is 0.636. The van der Waals surface area contributed by atoms with Crippen LogP contribution in [0.5, 0.6) is 5.75 Å². The number of aliphatic hydroxyl groups is 1. The number of ether oxygens (including phenoxy) is 6. The summed E-state index contributed by atoms with van der Waals surface area (Å²) >= 11 is 10.0. The number of imide groups is 1. The van der Waals surface area contributed by atoms with Gasteiger partial charge in [-0.2, -0.15) is 3.64 Å². The third kappa shape index (κ3) is 12.5. The quantitative estimate of drug-likeness (QED) is 0.0505. The van der Waals surface area contributed by atoms with E-state index in [0.29, 0.717) is 49.4 Å². The zero-order chi connectivity index (χ0) is 47.1.